The summed E-state index contributed by atoms with van der Waals surface area (Å²) in [6, 6.07) is 12.1. The molecule has 0 aliphatic carbocycles. The molecule has 1 heterocycles. The second kappa shape index (κ2) is 8.37. The number of benzene rings is 2. The molecule has 136 valence electrons. The zero-order valence-corrected chi connectivity index (χ0v) is 15.6. The Morgan fingerprint density at radius 1 is 1.35 bits per heavy atom. The van der Waals surface area contributed by atoms with Crippen molar-refractivity contribution in [1.82, 2.24) is 5.32 Å². The fourth-order valence-electron chi connectivity index (χ4n) is 3.41. The number of fused-ring (bicyclic) bond motifs is 1. The first-order chi connectivity index (χ1) is 12.6. The lowest BCUT2D eigenvalue weighted by Crippen LogP contribution is -2.18. The summed E-state index contributed by atoms with van der Waals surface area (Å²) in [5.41, 5.74) is 5.23. The number of amides is 1. The molecule has 0 radical (unpaired) electrons. The third kappa shape index (κ3) is 3.91. The van der Waals surface area contributed by atoms with Gasteiger partial charge in [0.05, 0.1) is 5.02 Å². The topological polar surface area (TPSA) is 58.2 Å². The zero-order chi connectivity index (χ0) is 18.5. The highest BCUT2D eigenvalue weighted by atomic mass is 35.5. The second-order valence-electron chi connectivity index (χ2n) is 6.57. The minimum atomic E-state index is -0.390. The molecule has 0 fully saturated rings. The summed E-state index contributed by atoms with van der Waals surface area (Å²) in [5, 5.41) is 6.58. The van der Waals surface area contributed by atoms with Crippen LogP contribution in [0.4, 0.5) is 5.69 Å². The van der Waals surface area contributed by atoms with Crippen molar-refractivity contribution in [1.29, 1.82) is 0 Å². The molecule has 5 heteroatoms. The van der Waals surface area contributed by atoms with E-state index in [4.69, 9.17) is 11.6 Å². The van der Waals surface area contributed by atoms with E-state index in [1.165, 1.54) is 11.3 Å². The number of hydrogen-bond acceptors (Lipinski definition) is 3. The number of aryl methyl sites for hydroxylation is 1. The molecule has 1 unspecified atom stereocenters. The number of nitrogens with one attached hydrogen (secondary N) is 2. The first-order valence-electron chi connectivity index (χ1n) is 8.95. The van der Waals surface area contributed by atoms with Gasteiger partial charge in [0, 0.05) is 37.2 Å². The molecule has 0 aromatic heterocycles. The molecule has 0 saturated heterocycles. The number of anilines is 1. The minimum absolute atomic E-state index is 0.0775. The maximum Gasteiger partial charge on any atom is 0.219 e. The van der Waals surface area contributed by atoms with E-state index in [-0.39, 0.29) is 11.8 Å². The fourth-order valence-corrected chi connectivity index (χ4v) is 3.79. The lowest BCUT2D eigenvalue weighted by atomic mass is 9.91. The van der Waals surface area contributed by atoms with E-state index >= 15 is 0 Å². The molecule has 0 saturated carbocycles. The van der Waals surface area contributed by atoms with Crippen LogP contribution in [-0.4, -0.2) is 25.8 Å². The minimum Gasteiger partial charge on any atom is -0.385 e. The van der Waals surface area contributed by atoms with Crippen LogP contribution in [0, 0.1) is 0 Å². The molecule has 2 aromatic rings. The lowest BCUT2D eigenvalue weighted by Gasteiger charge is -2.20. The van der Waals surface area contributed by atoms with Crippen LogP contribution >= 0.6 is 11.6 Å². The summed E-state index contributed by atoms with van der Waals surface area (Å²) < 4.78 is 0. The average molecular weight is 371 g/mol. The SMILES string of the molecule is CNC(=O)CCC(C=O)c1cccc(-c2ccc3c(c2)CCCN3)c1Cl. The van der Waals surface area contributed by atoms with Crippen molar-refractivity contribution < 1.29 is 9.59 Å². The van der Waals surface area contributed by atoms with Gasteiger partial charge < -0.3 is 15.4 Å². The molecule has 0 bridgehead atoms. The summed E-state index contributed by atoms with van der Waals surface area (Å²) in [5.74, 6) is -0.467. The number of carbonyl (C=O) groups is 2. The van der Waals surface area contributed by atoms with Gasteiger partial charge in [-0.05, 0) is 48.1 Å². The number of carbonyl (C=O) groups excluding carboxylic acids is 2. The average Bonchev–Trinajstić information content (AvgIpc) is 2.68. The molecule has 1 aliphatic rings. The van der Waals surface area contributed by atoms with Gasteiger partial charge in [-0.1, -0.05) is 35.9 Å². The molecule has 4 nitrogen and oxygen atoms in total. The highest BCUT2D eigenvalue weighted by Gasteiger charge is 2.19. The van der Waals surface area contributed by atoms with Gasteiger partial charge in [0.25, 0.3) is 0 Å². The summed E-state index contributed by atoms with van der Waals surface area (Å²) in [4.78, 5) is 23.1. The molecule has 0 spiro atoms. The van der Waals surface area contributed by atoms with Crippen LogP contribution in [0.25, 0.3) is 11.1 Å². The number of hydrogen-bond donors (Lipinski definition) is 2. The van der Waals surface area contributed by atoms with Crippen molar-refractivity contribution in [2.45, 2.75) is 31.6 Å². The van der Waals surface area contributed by atoms with Gasteiger partial charge in [-0.15, -0.1) is 0 Å². The molecular formula is C21H23ClN2O2. The largest absolute Gasteiger partial charge is 0.385 e. The van der Waals surface area contributed by atoms with Gasteiger partial charge in [0.2, 0.25) is 5.91 Å². The highest BCUT2D eigenvalue weighted by Crippen LogP contribution is 2.37. The fraction of sp³-hybridized carbons (Fsp3) is 0.333. The first-order valence-corrected chi connectivity index (χ1v) is 9.33. The monoisotopic (exact) mass is 370 g/mol. The van der Waals surface area contributed by atoms with E-state index in [1.54, 1.807) is 7.05 Å². The third-order valence-electron chi connectivity index (χ3n) is 4.91. The van der Waals surface area contributed by atoms with Gasteiger partial charge >= 0.3 is 0 Å². The Kier molecular flexibility index (Phi) is 5.94. The van der Waals surface area contributed by atoms with Crippen LogP contribution in [0.2, 0.25) is 5.02 Å². The van der Waals surface area contributed by atoms with Crippen molar-refractivity contribution in [2.75, 3.05) is 18.9 Å². The van der Waals surface area contributed by atoms with Gasteiger partial charge in [-0.2, -0.15) is 0 Å². The summed E-state index contributed by atoms with van der Waals surface area (Å²) in [6.07, 6.45) is 3.80. The van der Waals surface area contributed by atoms with Crippen LogP contribution < -0.4 is 10.6 Å². The van der Waals surface area contributed by atoms with E-state index in [1.807, 2.05) is 18.2 Å². The summed E-state index contributed by atoms with van der Waals surface area (Å²) >= 11 is 6.67. The van der Waals surface area contributed by atoms with Crippen LogP contribution in [0.3, 0.4) is 0 Å². The van der Waals surface area contributed by atoms with Gasteiger partial charge in [0.1, 0.15) is 6.29 Å². The zero-order valence-electron chi connectivity index (χ0n) is 14.8. The Labute approximate surface area is 158 Å². The normalized spacial score (nSPS) is 14.1. The predicted molar refractivity (Wildman–Crippen MR) is 106 cm³/mol. The molecule has 1 atom stereocenters. The Hall–Kier alpha value is -2.33. The van der Waals surface area contributed by atoms with Crippen LogP contribution in [0.15, 0.2) is 36.4 Å². The van der Waals surface area contributed by atoms with Gasteiger partial charge in [-0.25, -0.2) is 0 Å². The maximum atomic E-state index is 11.6. The first kappa shape index (κ1) is 18.5. The second-order valence-corrected chi connectivity index (χ2v) is 6.94. The van der Waals surface area contributed by atoms with Gasteiger partial charge in [-0.3, -0.25) is 4.79 Å². The molecule has 2 aromatic carbocycles. The third-order valence-corrected chi connectivity index (χ3v) is 5.33. The van der Waals surface area contributed by atoms with Crippen molar-refractivity contribution in [3.63, 3.8) is 0 Å². The Morgan fingerprint density at radius 2 is 2.19 bits per heavy atom. The van der Waals surface area contributed by atoms with Crippen molar-refractivity contribution >= 4 is 29.5 Å². The number of aldehydes is 1. The smallest absolute Gasteiger partial charge is 0.219 e. The van der Waals surface area contributed by atoms with E-state index < -0.39 is 0 Å². The lowest BCUT2D eigenvalue weighted by molar-refractivity contribution is -0.120. The number of halogens is 1. The molecule has 26 heavy (non-hydrogen) atoms. The van der Waals surface area contributed by atoms with E-state index in [9.17, 15) is 9.59 Å². The molecule has 1 aliphatic heterocycles. The molecule has 3 rings (SSSR count). The quantitative estimate of drug-likeness (QED) is 0.750. The van der Waals surface area contributed by atoms with E-state index in [2.05, 4.69) is 28.8 Å². The standard InChI is InChI=1S/C21H23ClN2O2/c1-23-20(26)10-8-16(13-25)18-6-2-5-17(21(18)22)14-7-9-19-15(12-14)4-3-11-24-19/h2,5-7,9,12-13,16,24H,3-4,8,10-11H2,1H3,(H,23,26). The maximum absolute atomic E-state index is 11.6. The number of rotatable bonds is 6. The molecule has 1 amide bonds. The van der Waals surface area contributed by atoms with E-state index in [0.29, 0.717) is 17.9 Å². The van der Waals surface area contributed by atoms with Crippen LogP contribution in [0.5, 0.6) is 0 Å². The molecular weight excluding hydrogens is 348 g/mol. The van der Waals surface area contributed by atoms with Crippen molar-refractivity contribution in [3.8, 4) is 11.1 Å². The van der Waals surface area contributed by atoms with Crippen molar-refractivity contribution in [2.24, 2.45) is 0 Å². The van der Waals surface area contributed by atoms with Crippen LogP contribution in [-0.2, 0) is 16.0 Å². The van der Waals surface area contributed by atoms with Crippen molar-refractivity contribution in [3.05, 3.63) is 52.5 Å². The predicted octanol–water partition coefficient (Wildman–Crippen LogP) is 4.17. The Morgan fingerprint density at radius 3 is 2.96 bits per heavy atom. The van der Waals surface area contributed by atoms with Crippen LogP contribution in [0.1, 0.15) is 36.3 Å². The summed E-state index contributed by atoms with van der Waals surface area (Å²) in [6.45, 7) is 1.01. The Balaban J connectivity index is 1.91. The highest BCUT2D eigenvalue weighted by molar-refractivity contribution is 6.34. The molecule has 2 N–H and O–H groups in total. The van der Waals surface area contributed by atoms with Gasteiger partial charge in [0.15, 0.2) is 0 Å². The summed E-state index contributed by atoms with van der Waals surface area (Å²) in [7, 11) is 1.59. The Bertz CT molecular complexity index is 820. The van der Waals surface area contributed by atoms with E-state index in [0.717, 1.165) is 42.4 Å².